The first-order chi connectivity index (χ1) is 15.7. The molecule has 6 rings (SSSR count). The fraction of sp³-hybridized carbons (Fsp3) is 0.462. The summed E-state index contributed by atoms with van der Waals surface area (Å²) >= 11 is 0. The van der Waals surface area contributed by atoms with Crippen LogP contribution in [0.25, 0.3) is 5.69 Å². The van der Waals surface area contributed by atoms with Crippen molar-refractivity contribution >= 4 is 0 Å². The SMILES string of the molecule is O=c1c(CN2CCCC2)ccc2n1C[C@H]1C[C@@H]2CN(Cc2cccc(-n3ccnc3)c2)C1. The van der Waals surface area contributed by atoms with E-state index in [1.54, 1.807) is 0 Å². The van der Waals surface area contributed by atoms with Crippen LogP contribution >= 0.6 is 0 Å². The molecule has 0 aliphatic carbocycles. The van der Waals surface area contributed by atoms with Gasteiger partial charge in [-0.05, 0) is 62.0 Å². The van der Waals surface area contributed by atoms with Gasteiger partial charge in [0.15, 0.2) is 0 Å². The third kappa shape index (κ3) is 3.82. The Labute approximate surface area is 189 Å². The van der Waals surface area contributed by atoms with Crippen LogP contribution < -0.4 is 5.56 Å². The minimum atomic E-state index is 0.255. The number of hydrogen-bond acceptors (Lipinski definition) is 4. The number of benzene rings is 1. The van der Waals surface area contributed by atoms with Crippen molar-refractivity contribution in [3.63, 3.8) is 0 Å². The molecular formula is C26H31N5O. The molecule has 0 saturated carbocycles. The molecule has 0 spiro atoms. The summed E-state index contributed by atoms with van der Waals surface area (Å²) in [5.74, 6) is 1.01. The zero-order valence-corrected chi connectivity index (χ0v) is 18.6. The van der Waals surface area contributed by atoms with E-state index in [-0.39, 0.29) is 5.56 Å². The summed E-state index contributed by atoms with van der Waals surface area (Å²) in [5.41, 5.74) is 4.96. The predicted octanol–water partition coefficient (Wildman–Crippen LogP) is 3.25. The van der Waals surface area contributed by atoms with Crippen LogP contribution in [0.4, 0.5) is 0 Å². The van der Waals surface area contributed by atoms with Crippen molar-refractivity contribution in [2.24, 2.45) is 5.92 Å². The largest absolute Gasteiger partial charge is 0.312 e. The number of imidazole rings is 1. The van der Waals surface area contributed by atoms with Gasteiger partial charge in [-0.1, -0.05) is 18.2 Å². The van der Waals surface area contributed by atoms with Gasteiger partial charge in [-0.2, -0.15) is 0 Å². The van der Waals surface area contributed by atoms with Crippen molar-refractivity contribution in [3.8, 4) is 5.69 Å². The van der Waals surface area contributed by atoms with Gasteiger partial charge in [-0.15, -0.1) is 0 Å². The number of likely N-dealkylation sites (tertiary alicyclic amines) is 2. The molecule has 6 nitrogen and oxygen atoms in total. The lowest BCUT2D eigenvalue weighted by Crippen LogP contribution is -2.47. The third-order valence-electron chi connectivity index (χ3n) is 7.47. The highest BCUT2D eigenvalue weighted by Crippen LogP contribution is 2.36. The molecule has 0 N–H and O–H groups in total. The van der Waals surface area contributed by atoms with Crippen LogP contribution in [0.15, 0.2) is 59.9 Å². The zero-order valence-electron chi connectivity index (χ0n) is 18.6. The van der Waals surface area contributed by atoms with Crippen LogP contribution in [0, 0.1) is 5.92 Å². The molecule has 0 unspecified atom stereocenters. The Hall–Kier alpha value is -2.70. The van der Waals surface area contributed by atoms with E-state index in [0.717, 1.165) is 57.1 Å². The van der Waals surface area contributed by atoms with Gasteiger partial charge in [-0.3, -0.25) is 14.6 Å². The van der Waals surface area contributed by atoms with Crippen LogP contribution in [0.5, 0.6) is 0 Å². The number of pyridine rings is 1. The number of hydrogen-bond donors (Lipinski definition) is 0. The van der Waals surface area contributed by atoms with Gasteiger partial charge >= 0.3 is 0 Å². The van der Waals surface area contributed by atoms with Crippen LogP contribution in [0.2, 0.25) is 0 Å². The molecule has 2 saturated heterocycles. The maximum absolute atomic E-state index is 13.3. The molecule has 2 bridgehead atoms. The Morgan fingerprint density at radius 1 is 0.969 bits per heavy atom. The fourth-order valence-corrected chi connectivity index (χ4v) is 6.01. The van der Waals surface area contributed by atoms with Crippen molar-refractivity contribution in [2.45, 2.75) is 44.8 Å². The molecule has 3 aliphatic heterocycles. The zero-order chi connectivity index (χ0) is 21.5. The quantitative estimate of drug-likeness (QED) is 0.625. The summed E-state index contributed by atoms with van der Waals surface area (Å²) in [4.78, 5) is 22.4. The predicted molar refractivity (Wildman–Crippen MR) is 125 cm³/mol. The smallest absolute Gasteiger partial charge is 0.255 e. The molecule has 2 atom stereocenters. The third-order valence-corrected chi connectivity index (χ3v) is 7.47. The van der Waals surface area contributed by atoms with E-state index in [4.69, 9.17) is 0 Å². The minimum Gasteiger partial charge on any atom is -0.312 e. The topological polar surface area (TPSA) is 46.3 Å². The van der Waals surface area contributed by atoms with Crippen molar-refractivity contribution in [1.82, 2.24) is 23.9 Å². The van der Waals surface area contributed by atoms with Gasteiger partial charge in [0.05, 0.1) is 6.33 Å². The van der Waals surface area contributed by atoms with Gasteiger partial charge in [0.25, 0.3) is 5.56 Å². The van der Waals surface area contributed by atoms with Gasteiger partial charge < -0.3 is 9.13 Å². The summed E-state index contributed by atoms with van der Waals surface area (Å²) in [7, 11) is 0. The summed E-state index contributed by atoms with van der Waals surface area (Å²) in [6, 6.07) is 13.1. The number of rotatable bonds is 5. The summed E-state index contributed by atoms with van der Waals surface area (Å²) in [6.45, 7) is 6.97. The Bertz CT molecular complexity index is 1150. The van der Waals surface area contributed by atoms with Gasteiger partial charge in [-0.25, -0.2) is 4.98 Å². The second-order valence-corrected chi connectivity index (χ2v) is 9.82. The lowest BCUT2D eigenvalue weighted by atomic mass is 9.82. The average molecular weight is 430 g/mol. The Kier molecular flexibility index (Phi) is 5.20. The van der Waals surface area contributed by atoms with Gasteiger partial charge in [0.2, 0.25) is 0 Å². The van der Waals surface area contributed by atoms with Crippen LogP contribution in [0.1, 0.15) is 42.0 Å². The highest BCUT2D eigenvalue weighted by atomic mass is 16.1. The molecule has 3 aromatic rings. The summed E-state index contributed by atoms with van der Waals surface area (Å²) in [6.07, 6.45) is 9.37. The van der Waals surface area contributed by atoms with Gasteiger partial charge in [0.1, 0.15) is 0 Å². The summed E-state index contributed by atoms with van der Waals surface area (Å²) < 4.78 is 4.16. The van der Waals surface area contributed by atoms with E-state index in [1.165, 1.54) is 30.5 Å². The molecular weight excluding hydrogens is 398 g/mol. The van der Waals surface area contributed by atoms with Crippen molar-refractivity contribution in [2.75, 3.05) is 26.2 Å². The monoisotopic (exact) mass is 429 g/mol. The first kappa shape index (κ1) is 19.9. The van der Waals surface area contributed by atoms with Crippen LogP contribution in [-0.2, 0) is 19.6 Å². The molecule has 6 heteroatoms. The highest BCUT2D eigenvalue weighted by Gasteiger charge is 2.35. The number of aromatic nitrogens is 3. The molecule has 0 amide bonds. The van der Waals surface area contributed by atoms with Crippen molar-refractivity contribution in [1.29, 1.82) is 0 Å². The maximum Gasteiger partial charge on any atom is 0.255 e. The lowest BCUT2D eigenvalue weighted by molar-refractivity contribution is 0.114. The van der Waals surface area contributed by atoms with Crippen LogP contribution in [-0.4, -0.2) is 50.1 Å². The Balaban J connectivity index is 1.19. The van der Waals surface area contributed by atoms with E-state index in [1.807, 2.05) is 18.7 Å². The van der Waals surface area contributed by atoms with E-state index in [9.17, 15) is 4.79 Å². The molecule has 3 aliphatic rings. The highest BCUT2D eigenvalue weighted by molar-refractivity contribution is 5.36. The second-order valence-electron chi connectivity index (χ2n) is 9.82. The first-order valence-corrected chi connectivity index (χ1v) is 12.0. The standard InChI is InChI=1S/C26H31N5O/c32-26-22(17-28-9-1-2-10-28)6-7-25-23-12-21(16-31(25)26)15-29(18-23)14-20-4-3-5-24(13-20)30-11-8-27-19-30/h3-8,11,13,19,21,23H,1-2,9-10,12,14-18H2/t21-,23+/m0/s1. The molecule has 32 heavy (non-hydrogen) atoms. The normalized spacial score (nSPS) is 23.4. The van der Waals surface area contributed by atoms with E-state index in [0.29, 0.717) is 11.8 Å². The first-order valence-electron chi connectivity index (χ1n) is 12.0. The Morgan fingerprint density at radius 2 is 1.88 bits per heavy atom. The number of nitrogens with zero attached hydrogens (tertiary/aromatic N) is 5. The van der Waals surface area contributed by atoms with Gasteiger partial charge in [0, 0.05) is 68.0 Å². The minimum absolute atomic E-state index is 0.255. The molecule has 2 fully saturated rings. The molecule has 5 heterocycles. The molecule has 0 radical (unpaired) electrons. The van der Waals surface area contributed by atoms with E-state index in [2.05, 4.69) is 60.3 Å². The Morgan fingerprint density at radius 3 is 2.72 bits per heavy atom. The molecule has 166 valence electrons. The van der Waals surface area contributed by atoms with Crippen LogP contribution in [0.3, 0.4) is 0 Å². The summed E-state index contributed by atoms with van der Waals surface area (Å²) in [5, 5.41) is 0. The second kappa shape index (κ2) is 8.34. The fourth-order valence-electron chi connectivity index (χ4n) is 6.01. The number of fused-ring (bicyclic) bond motifs is 4. The lowest BCUT2D eigenvalue weighted by Gasteiger charge is -2.43. The molecule has 2 aromatic heterocycles. The number of piperidine rings is 1. The van der Waals surface area contributed by atoms with E-state index >= 15 is 0 Å². The van der Waals surface area contributed by atoms with E-state index < -0.39 is 0 Å². The van der Waals surface area contributed by atoms with Crippen molar-refractivity contribution < 1.29 is 0 Å². The van der Waals surface area contributed by atoms with Crippen molar-refractivity contribution in [3.05, 3.63) is 82.3 Å². The average Bonchev–Trinajstić information content (AvgIpc) is 3.51. The molecule has 1 aromatic carbocycles. The maximum atomic E-state index is 13.3.